The Morgan fingerprint density at radius 1 is 1.19 bits per heavy atom. The van der Waals surface area contributed by atoms with E-state index in [1.807, 2.05) is 6.07 Å². The monoisotopic (exact) mass is 217 g/mol. The Hall–Kier alpha value is -1.64. The van der Waals surface area contributed by atoms with E-state index in [9.17, 15) is 9.18 Å². The second kappa shape index (κ2) is 3.44. The average molecular weight is 217 g/mol. The van der Waals surface area contributed by atoms with Crippen LogP contribution < -0.4 is 4.90 Å². The molecule has 3 rings (SSSR count). The predicted octanol–water partition coefficient (Wildman–Crippen LogP) is 2.44. The Morgan fingerprint density at radius 3 is 2.81 bits per heavy atom. The van der Waals surface area contributed by atoms with Crippen LogP contribution in [0.5, 0.6) is 0 Å². The number of fused-ring (bicyclic) bond motifs is 1. The summed E-state index contributed by atoms with van der Waals surface area (Å²) in [7, 11) is 0. The van der Waals surface area contributed by atoms with Gasteiger partial charge in [0.25, 0.3) is 0 Å². The van der Waals surface area contributed by atoms with Crippen LogP contribution >= 0.6 is 0 Å². The number of hydrogen-bond acceptors (Lipinski definition) is 2. The highest BCUT2D eigenvalue weighted by Gasteiger charge is 2.25. The van der Waals surface area contributed by atoms with Gasteiger partial charge in [-0.25, -0.2) is 4.39 Å². The van der Waals surface area contributed by atoms with Crippen LogP contribution in [0.3, 0.4) is 0 Å². The van der Waals surface area contributed by atoms with Crippen LogP contribution in [0.25, 0.3) is 0 Å². The highest BCUT2D eigenvalue weighted by atomic mass is 19.1. The lowest BCUT2D eigenvalue weighted by atomic mass is 10.1. The van der Waals surface area contributed by atoms with Crippen molar-refractivity contribution in [1.29, 1.82) is 0 Å². The van der Waals surface area contributed by atoms with Crippen molar-refractivity contribution in [2.75, 3.05) is 11.4 Å². The van der Waals surface area contributed by atoms with E-state index >= 15 is 0 Å². The number of benzene rings is 1. The summed E-state index contributed by atoms with van der Waals surface area (Å²) in [6.07, 6.45) is 4.01. The van der Waals surface area contributed by atoms with Gasteiger partial charge >= 0.3 is 0 Å². The third kappa shape index (κ3) is 1.43. The van der Waals surface area contributed by atoms with Crippen molar-refractivity contribution in [1.82, 2.24) is 0 Å². The first kappa shape index (κ1) is 9.58. The predicted molar refractivity (Wildman–Crippen MR) is 59.8 cm³/mol. The van der Waals surface area contributed by atoms with Gasteiger partial charge in [0.2, 0.25) is 0 Å². The number of allylic oxidation sites excluding steroid dienone is 2. The third-order valence-electron chi connectivity index (χ3n) is 3.24. The molecule has 1 aromatic rings. The van der Waals surface area contributed by atoms with Gasteiger partial charge in [-0.15, -0.1) is 0 Å². The van der Waals surface area contributed by atoms with Crippen LogP contribution in [0.4, 0.5) is 10.1 Å². The molecule has 3 heteroatoms. The molecule has 82 valence electrons. The molecule has 0 saturated carbocycles. The molecule has 2 nitrogen and oxygen atoms in total. The Bertz CT molecular complexity index is 493. The number of carbonyl (C=O) groups excluding carboxylic acids is 1. The molecule has 0 aromatic heterocycles. The number of nitrogens with zero attached hydrogens (tertiary/aromatic N) is 1. The van der Waals surface area contributed by atoms with Crippen molar-refractivity contribution in [3.63, 3.8) is 0 Å². The summed E-state index contributed by atoms with van der Waals surface area (Å²) < 4.78 is 13.2. The van der Waals surface area contributed by atoms with Crippen LogP contribution in [-0.4, -0.2) is 12.3 Å². The molecule has 2 aliphatic rings. The second-order valence-corrected chi connectivity index (χ2v) is 4.28. The number of ketones is 1. The van der Waals surface area contributed by atoms with Gasteiger partial charge in [0.05, 0.1) is 0 Å². The van der Waals surface area contributed by atoms with Gasteiger partial charge in [-0.3, -0.25) is 4.79 Å². The van der Waals surface area contributed by atoms with E-state index in [0.29, 0.717) is 6.42 Å². The molecular formula is C13H12FNO. The van der Waals surface area contributed by atoms with Crippen LogP contribution in [0.2, 0.25) is 0 Å². The molecule has 0 N–H and O–H groups in total. The fraction of sp³-hybridized carbons (Fsp3) is 0.308. The van der Waals surface area contributed by atoms with Gasteiger partial charge in [-0.2, -0.15) is 0 Å². The number of rotatable bonds is 1. The number of halogens is 1. The minimum absolute atomic E-state index is 0.180. The number of hydrogen-bond donors (Lipinski definition) is 0. The van der Waals surface area contributed by atoms with E-state index in [1.54, 1.807) is 12.1 Å². The fourth-order valence-corrected chi connectivity index (χ4v) is 2.45. The summed E-state index contributed by atoms with van der Waals surface area (Å²) in [5.74, 6) is -0.0320. The minimum Gasteiger partial charge on any atom is -0.344 e. The number of anilines is 1. The quantitative estimate of drug-likeness (QED) is 0.720. The highest BCUT2D eigenvalue weighted by molar-refractivity contribution is 5.94. The molecule has 1 aliphatic carbocycles. The highest BCUT2D eigenvalue weighted by Crippen LogP contribution is 2.34. The molecule has 0 fully saturated rings. The fourth-order valence-electron chi connectivity index (χ4n) is 2.45. The van der Waals surface area contributed by atoms with Crippen LogP contribution in [0.15, 0.2) is 30.0 Å². The molecule has 16 heavy (non-hydrogen) atoms. The molecule has 0 amide bonds. The van der Waals surface area contributed by atoms with Gasteiger partial charge in [-0.1, -0.05) is 6.07 Å². The largest absolute Gasteiger partial charge is 0.344 e. The molecule has 1 heterocycles. The summed E-state index contributed by atoms with van der Waals surface area (Å²) in [5, 5.41) is 0. The lowest BCUT2D eigenvalue weighted by molar-refractivity contribution is -0.114. The maximum atomic E-state index is 13.2. The van der Waals surface area contributed by atoms with Gasteiger partial charge in [-0.05, 0) is 30.5 Å². The molecule has 0 spiro atoms. The van der Waals surface area contributed by atoms with E-state index in [4.69, 9.17) is 0 Å². The van der Waals surface area contributed by atoms with E-state index in [-0.39, 0.29) is 11.6 Å². The van der Waals surface area contributed by atoms with Crippen molar-refractivity contribution in [3.05, 3.63) is 41.4 Å². The van der Waals surface area contributed by atoms with Crippen molar-refractivity contribution in [2.45, 2.75) is 19.3 Å². The molecular weight excluding hydrogens is 205 g/mol. The topological polar surface area (TPSA) is 20.3 Å². The summed E-state index contributed by atoms with van der Waals surface area (Å²) >= 11 is 0. The van der Waals surface area contributed by atoms with Crippen LogP contribution in [0, 0.1) is 5.82 Å². The first-order valence-corrected chi connectivity index (χ1v) is 5.53. The van der Waals surface area contributed by atoms with E-state index in [2.05, 4.69) is 4.90 Å². The van der Waals surface area contributed by atoms with E-state index in [0.717, 1.165) is 30.8 Å². The van der Waals surface area contributed by atoms with Gasteiger partial charge in [0.1, 0.15) is 5.82 Å². The van der Waals surface area contributed by atoms with Crippen LogP contribution in [0.1, 0.15) is 18.4 Å². The second-order valence-electron chi connectivity index (χ2n) is 4.28. The first-order chi connectivity index (χ1) is 7.74. The Labute approximate surface area is 93.4 Å². The Balaban J connectivity index is 1.99. The lowest BCUT2D eigenvalue weighted by Gasteiger charge is -2.20. The van der Waals surface area contributed by atoms with Gasteiger partial charge < -0.3 is 4.90 Å². The molecule has 0 bridgehead atoms. The molecule has 0 unspecified atom stereocenters. The normalized spacial score (nSPS) is 18.9. The van der Waals surface area contributed by atoms with E-state index in [1.165, 1.54) is 11.6 Å². The maximum Gasteiger partial charge on any atom is 0.157 e. The molecule has 1 aliphatic heterocycles. The summed E-state index contributed by atoms with van der Waals surface area (Å²) in [4.78, 5) is 13.3. The summed E-state index contributed by atoms with van der Waals surface area (Å²) in [5.41, 5.74) is 3.14. The first-order valence-electron chi connectivity index (χ1n) is 5.53. The SMILES string of the molecule is O=C1C=C(N2CCc3ccc(F)cc32)CC1. The van der Waals surface area contributed by atoms with Crippen molar-refractivity contribution in [2.24, 2.45) is 0 Å². The molecule has 1 aromatic carbocycles. The molecule has 0 saturated heterocycles. The van der Waals surface area contributed by atoms with Crippen molar-refractivity contribution < 1.29 is 9.18 Å². The molecule has 0 atom stereocenters. The smallest absolute Gasteiger partial charge is 0.157 e. The zero-order valence-corrected chi connectivity index (χ0v) is 8.87. The Kier molecular flexibility index (Phi) is 2.06. The summed E-state index contributed by atoms with van der Waals surface area (Å²) in [6.45, 7) is 0.859. The third-order valence-corrected chi connectivity index (χ3v) is 3.24. The van der Waals surface area contributed by atoms with Gasteiger partial charge in [0, 0.05) is 30.4 Å². The minimum atomic E-state index is -0.212. The van der Waals surface area contributed by atoms with Crippen LogP contribution in [-0.2, 0) is 11.2 Å². The zero-order chi connectivity index (χ0) is 11.1. The van der Waals surface area contributed by atoms with Gasteiger partial charge in [0.15, 0.2) is 5.78 Å². The van der Waals surface area contributed by atoms with Crippen molar-refractivity contribution in [3.8, 4) is 0 Å². The number of carbonyl (C=O) groups is 1. The standard InChI is InChI=1S/C13H12FNO/c14-10-2-1-9-5-6-15(13(9)7-10)11-3-4-12(16)8-11/h1-2,7-8H,3-6H2. The van der Waals surface area contributed by atoms with Crippen molar-refractivity contribution >= 4 is 11.5 Å². The van der Waals surface area contributed by atoms with E-state index < -0.39 is 0 Å². The summed E-state index contributed by atoms with van der Waals surface area (Å²) in [6, 6.07) is 4.89. The average Bonchev–Trinajstić information content (AvgIpc) is 2.83. The Morgan fingerprint density at radius 2 is 2.06 bits per heavy atom. The molecule has 0 radical (unpaired) electrons. The maximum absolute atomic E-state index is 13.2. The lowest BCUT2D eigenvalue weighted by Crippen LogP contribution is -2.18. The zero-order valence-electron chi connectivity index (χ0n) is 8.87.